The van der Waals surface area contributed by atoms with E-state index in [0.29, 0.717) is 10.8 Å². The second-order valence-electron chi connectivity index (χ2n) is 5.62. The number of hydrogen-bond acceptors (Lipinski definition) is 2. The summed E-state index contributed by atoms with van der Waals surface area (Å²) in [5, 5.41) is 0.671. The van der Waals surface area contributed by atoms with E-state index in [1.54, 1.807) is 18.4 Å². The van der Waals surface area contributed by atoms with Crippen molar-refractivity contribution >= 4 is 11.6 Å². The molecule has 2 nitrogen and oxygen atoms in total. The molecule has 0 saturated heterocycles. The van der Waals surface area contributed by atoms with Gasteiger partial charge in [0.05, 0.1) is 12.0 Å². The third kappa shape index (κ3) is 3.32. The summed E-state index contributed by atoms with van der Waals surface area (Å²) in [6.07, 6.45) is 1.61. The van der Waals surface area contributed by atoms with Crippen LogP contribution in [0.1, 0.15) is 0 Å². The Bertz CT molecular complexity index is 930. The molecule has 122 valence electrons. The van der Waals surface area contributed by atoms with Gasteiger partial charge in [-0.3, -0.25) is 0 Å². The van der Waals surface area contributed by atoms with Crippen molar-refractivity contribution in [1.29, 1.82) is 0 Å². The lowest BCUT2D eigenvalue weighted by Crippen LogP contribution is -1.90. The minimum Gasteiger partial charge on any atom is -0.463 e. The van der Waals surface area contributed by atoms with Gasteiger partial charge in [0.25, 0.3) is 0 Å². The fraction of sp³-hybridized carbons (Fsp3) is 0. The lowest BCUT2D eigenvalue weighted by atomic mass is 10.0. The monoisotopic (exact) mass is 349 g/mol. The van der Waals surface area contributed by atoms with E-state index in [4.69, 9.17) is 21.0 Å². The highest BCUT2D eigenvalue weighted by atomic mass is 35.5. The van der Waals surface area contributed by atoms with E-state index in [2.05, 4.69) is 0 Å². The molecule has 4 rings (SSSR count). The van der Waals surface area contributed by atoms with Crippen molar-refractivity contribution in [2.45, 2.75) is 0 Å². The highest BCUT2D eigenvalue weighted by molar-refractivity contribution is 6.30. The molecule has 4 aromatic rings. The fourth-order valence-electron chi connectivity index (χ4n) is 2.66. The van der Waals surface area contributed by atoms with Crippen LogP contribution in [0.2, 0.25) is 5.02 Å². The first-order valence-corrected chi connectivity index (χ1v) is 8.15. The Kier molecular flexibility index (Phi) is 4.08. The molecule has 2 aromatic carbocycles. The molecule has 0 radical (unpaired) electrons. The second kappa shape index (κ2) is 6.54. The normalized spacial score (nSPS) is 10.8. The molecule has 0 saturated carbocycles. The maximum atomic E-state index is 13.2. The summed E-state index contributed by atoms with van der Waals surface area (Å²) in [5.41, 5.74) is 4.31. The second-order valence-corrected chi connectivity index (χ2v) is 6.05. The van der Waals surface area contributed by atoms with Gasteiger partial charge >= 0.3 is 0 Å². The van der Waals surface area contributed by atoms with E-state index in [1.165, 1.54) is 12.1 Å². The zero-order valence-electron chi connectivity index (χ0n) is 13.1. The van der Waals surface area contributed by atoms with Crippen molar-refractivity contribution in [3.8, 4) is 33.8 Å². The van der Waals surface area contributed by atoms with Gasteiger partial charge in [-0.05, 0) is 59.7 Å². The fourth-order valence-corrected chi connectivity index (χ4v) is 2.78. The molecular formula is C21H13ClFNO. The molecule has 0 N–H and O–H groups in total. The number of halogens is 2. The van der Waals surface area contributed by atoms with Crippen LogP contribution in [0.25, 0.3) is 33.8 Å². The third-order valence-corrected chi connectivity index (χ3v) is 4.17. The predicted octanol–water partition coefficient (Wildman–Crippen LogP) is 6.47. The van der Waals surface area contributed by atoms with Gasteiger partial charge in [0.1, 0.15) is 11.5 Å². The maximum Gasteiger partial charge on any atom is 0.152 e. The first-order chi connectivity index (χ1) is 12.2. The number of benzene rings is 2. The van der Waals surface area contributed by atoms with E-state index >= 15 is 0 Å². The van der Waals surface area contributed by atoms with E-state index in [0.717, 1.165) is 28.1 Å². The van der Waals surface area contributed by atoms with Crippen LogP contribution < -0.4 is 0 Å². The van der Waals surface area contributed by atoms with E-state index in [9.17, 15) is 4.39 Å². The summed E-state index contributed by atoms with van der Waals surface area (Å²) in [5.74, 6) is 0.418. The average Bonchev–Trinajstić information content (AvgIpc) is 3.17. The summed E-state index contributed by atoms with van der Waals surface area (Å²) in [4.78, 5) is 4.71. The molecule has 0 aliphatic rings. The third-order valence-electron chi connectivity index (χ3n) is 3.92. The lowest BCUT2D eigenvalue weighted by Gasteiger charge is -2.09. The zero-order valence-corrected chi connectivity index (χ0v) is 13.9. The van der Waals surface area contributed by atoms with Gasteiger partial charge in [0, 0.05) is 10.6 Å². The summed E-state index contributed by atoms with van der Waals surface area (Å²) < 4.78 is 18.7. The Morgan fingerprint density at radius 3 is 2.12 bits per heavy atom. The van der Waals surface area contributed by atoms with Crippen molar-refractivity contribution in [2.24, 2.45) is 0 Å². The minimum atomic E-state index is -0.262. The first-order valence-electron chi connectivity index (χ1n) is 7.77. The highest BCUT2D eigenvalue weighted by Crippen LogP contribution is 2.30. The average molecular weight is 350 g/mol. The van der Waals surface area contributed by atoms with Crippen molar-refractivity contribution < 1.29 is 8.81 Å². The molecule has 0 bridgehead atoms. The van der Waals surface area contributed by atoms with Crippen LogP contribution in [-0.4, -0.2) is 4.98 Å². The molecule has 0 aliphatic carbocycles. The maximum absolute atomic E-state index is 13.2. The quantitative estimate of drug-likeness (QED) is 0.423. The summed E-state index contributed by atoms with van der Waals surface area (Å²) in [6, 6.07) is 21.5. The highest BCUT2D eigenvalue weighted by Gasteiger charge is 2.10. The Morgan fingerprint density at radius 1 is 0.760 bits per heavy atom. The number of nitrogens with zero attached hydrogens (tertiary/aromatic N) is 1. The number of furan rings is 1. The van der Waals surface area contributed by atoms with Gasteiger partial charge < -0.3 is 4.42 Å². The molecule has 2 aromatic heterocycles. The summed E-state index contributed by atoms with van der Waals surface area (Å²) in [6.45, 7) is 0. The number of hydrogen-bond donors (Lipinski definition) is 0. The molecule has 0 unspecified atom stereocenters. The van der Waals surface area contributed by atoms with Crippen LogP contribution >= 0.6 is 11.6 Å². The molecular weight excluding hydrogens is 337 g/mol. The Morgan fingerprint density at radius 2 is 1.44 bits per heavy atom. The van der Waals surface area contributed by atoms with Crippen molar-refractivity contribution in [3.05, 3.63) is 89.9 Å². The van der Waals surface area contributed by atoms with Gasteiger partial charge in [-0.25, -0.2) is 9.37 Å². The summed E-state index contributed by atoms with van der Waals surface area (Å²) >= 11 is 5.98. The zero-order chi connectivity index (χ0) is 17.2. The van der Waals surface area contributed by atoms with Gasteiger partial charge in [0.15, 0.2) is 5.76 Å². The smallest absolute Gasteiger partial charge is 0.152 e. The van der Waals surface area contributed by atoms with Gasteiger partial charge in [-0.2, -0.15) is 0 Å². The van der Waals surface area contributed by atoms with Crippen molar-refractivity contribution in [1.82, 2.24) is 4.98 Å². The summed E-state index contributed by atoms with van der Waals surface area (Å²) in [7, 11) is 0. The topological polar surface area (TPSA) is 26.0 Å². The largest absolute Gasteiger partial charge is 0.463 e. The molecule has 0 aliphatic heterocycles. The van der Waals surface area contributed by atoms with Crippen molar-refractivity contribution in [2.75, 3.05) is 0 Å². The van der Waals surface area contributed by atoms with Crippen LogP contribution in [0, 0.1) is 5.82 Å². The molecule has 2 heterocycles. The Balaban J connectivity index is 1.88. The number of pyridine rings is 1. The standard InChI is InChI=1S/C21H13ClFNO/c22-17-7-3-15(4-8-17)19-12-16(14-5-9-18(23)10-6-14)13-20(24-19)21-2-1-11-25-21/h1-13H. The Hall–Kier alpha value is -2.91. The predicted molar refractivity (Wildman–Crippen MR) is 97.8 cm³/mol. The van der Waals surface area contributed by atoms with Crippen LogP contribution in [0.3, 0.4) is 0 Å². The van der Waals surface area contributed by atoms with E-state index < -0.39 is 0 Å². The van der Waals surface area contributed by atoms with E-state index in [1.807, 2.05) is 48.5 Å². The van der Waals surface area contributed by atoms with Crippen LogP contribution in [0.4, 0.5) is 4.39 Å². The SMILES string of the molecule is Fc1ccc(-c2cc(-c3ccc(Cl)cc3)nc(-c3ccco3)c2)cc1. The van der Waals surface area contributed by atoms with Crippen LogP contribution in [-0.2, 0) is 0 Å². The van der Waals surface area contributed by atoms with E-state index in [-0.39, 0.29) is 5.82 Å². The molecule has 4 heteroatoms. The Labute approximate surface area is 149 Å². The number of aromatic nitrogens is 1. The van der Waals surface area contributed by atoms with Gasteiger partial charge in [-0.1, -0.05) is 35.9 Å². The van der Waals surface area contributed by atoms with Gasteiger partial charge in [0.2, 0.25) is 0 Å². The molecule has 0 fully saturated rings. The van der Waals surface area contributed by atoms with Crippen LogP contribution in [0.15, 0.2) is 83.5 Å². The minimum absolute atomic E-state index is 0.262. The van der Waals surface area contributed by atoms with Crippen LogP contribution in [0.5, 0.6) is 0 Å². The molecule has 0 atom stereocenters. The van der Waals surface area contributed by atoms with Crippen molar-refractivity contribution in [3.63, 3.8) is 0 Å². The molecule has 0 spiro atoms. The lowest BCUT2D eigenvalue weighted by molar-refractivity contribution is 0.580. The first kappa shape index (κ1) is 15.6. The molecule has 0 amide bonds. The molecule has 25 heavy (non-hydrogen) atoms. The van der Waals surface area contributed by atoms with Gasteiger partial charge in [-0.15, -0.1) is 0 Å². The number of rotatable bonds is 3.